The molecule has 10 heteroatoms. The van der Waals surface area contributed by atoms with E-state index in [1.165, 1.54) is 23.1 Å². The van der Waals surface area contributed by atoms with Gasteiger partial charge >= 0.3 is 6.03 Å². The average molecular weight is 386 g/mol. The number of urea groups is 1. The Bertz CT molecular complexity index is 652. The fourth-order valence-corrected chi connectivity index (χ4v) is 2.94. The summed E-state index contributed by atoms with van der Waals surface area (Å²) in [6, 6.07) is 3.38. The predicted octanol–water partition coefficient (Wildman–Crippen LogP) is 1.32. The van der Waals surface area contributed by atoms with Crippen LogP contribution < -0.4 is 5.32 Å². The number of β-amino-alcohol motifs (C(OH)–C–C–N with tert-alkyl or cyclic N) is 1. The first-order valence-corrected chi connectivity index (χ1v) is 8.69. The summed E-state index contributed by atoms with van der Waals surface area (Å²) >= 11 is 5.97. The summed E-state index contributed by atoms with van der Waals surface area (Å²) in [7, 11) is 3.64. The van der Waals surface area contributed by atoms with Crippen molar-refractivity contribution in [1.29, 1.82) is 0 Å². The first-order valence-electron chi connectivity index (χ1n) is 8.31. The number of amides is 2. The summed E-state index contributed by atoms with van der Waals surface area (Å²) in [6.45, 7) is 4.37. The van der Waals surface area contributed by atoms with Crippen molar-refractivity contribution in [1.82, 2.24) is 14.7 Å². The molecule has 2 rings (SSSR count). The van der Waals surface area contributed by atoms with Crippen molar-refractivity contribution in [2.24, 2.45) is 0 Å². The molecule has 0 saturated carbocycles. The van der Waals surface area contributed by atoms with Crippen molar-refractivity contribution in [2.45, 2.75) is 6.10 Å². The fraction of sp³-hybridized carbons (Fsp3) is 0.562. The number of benzene rings is 1. The number of carbonyl (C=O) groups excluding carboxylic acids is 1. The molecule has 2 N–H and O–H groups in total. The quantitative estimate of drug-likeness (QED) is 0.565. The van der Waals surface area contributed by atoms with Crippen LogP contribution in [0.1, 0.15) is 0 Å². The average Bonchev–Trinajstić information content (AvgIpc) is 2.58. The number of hydrogen-bond acceptors (Lipinski definition) is 6. The Kier molecular flexibility index (Phi) is 7.15. The largest absolute Gasteiger partial charge is 0.390 e. The molecule has 0 bridgehead atoms. The molecule has 1 aromatic rings. The SMILES string of the molecule is CN1CCN(CC(O)CN(C)C(=O)Nc2ccc([N+](=O)[O-])cc2Cl)CC1. The second-order valence-electron chi connectivity index (χ2n) is 6.49. The number of carbonyl (C=O) groups is 1. The molecule has 1 heterocycles. The maximum absolute atomic E-state index is 12.2. The number of likely N-dealkylation sites (N-methyl/N-ethyl adjacent to an activating group) is 2. The van der Waals surface area contributed by atoms with Gasteiger partial charge in [-0.25, -0.2) is 4.79 Å². The van der Waals surface area contributed by atoms with E-state index in [9.17, 15) is 20.0 Å². The molecule has 0 spiro atoms. The van der Waals surface area contributed by atoms with Gasteiger partial charge in [-0.3, -0.25) is 15.0 Å². The molecule has 1 saturated heterocycles. The standard InChI is InChI=1S/C16H24ClN5O4/c1-19-5-7-21(8-6-19)11-13(23)10-20(2)16(24)18-15-4-3-12(22(25)26)9-14(15)17/h3-4,9,13,23H,5-8,10-11H2,1-2H3,(H,18,24). The third-order valence-corrected chi connectivity index (χ3v) is 4.61. The Morgan fingerprint density at radius 1 is 1.42 bits per heavy atom. The number of rotatable bonds is 6. The zero-order valence-electron chi connectivity index (χ0n) is 14.9. The summed E-state index contributed by atoms with van der Waals surface area (Å²) in [5, 5.41) is 23.6. The van der Waals surface area contributed by atoms with Gasteiger partial charge in [0.05, 0.1) is 21.7 Å². The molecule has 1 aliphatic heterocycles. The van der Waals surface area contributed by atoms with Crippen LogP contribution in [0.2, 0.25) is 5.02 Å². The van der Waals surface area contributed by atoms with Crippen LogP contribution >= 0.6 is 11.6 Å². The highest BCUT2D eigenvalue weighted by molar-refractivity contribution is 6.33. The molecule has 0 radical (unpaired) electrons. The number of anilines is 1. The lowest BCUT2D eigenvalue weighted by Crippen LogP contribution is -2.49. The normalized spacial score (nSPS) is 16.9. The van der Waals surface area contributed by atoms with Crippen LogP contribution in [0, 0.1) is 10.1 Å². The highest BCUT2D eigenvalue weighted by Gasteiger charge is 2.20. The Morgan fingerprint density at radius 3 is 2.65 bits per heavy atom. The van der Waals surface area contributed by atoms with Gasteiger partial charge in [-0.15, -0.1) is 0 Å². The Morgan fingerprint density at radius 2 is 2.08 bits per heavy atom. The van der Waals surface area contributed by atoms with E-state index in [2.05, 4.69) is 22.2 Å². The lowest BCUT2D eigenvalue weighted by atomic mass is 10.2. The van der Waals surface area contributed by atoms with E-state index in [1.54, 1.807) is 7.05 Å². The summed E-state index contributed by atoms with van der Waals surface area (Å²) in [5.74, 6) is 0. The third-order valence-electron chi connectivity index (χ3n) is 4.30. The molecule has 26 heavy (non-hydrogen) atoms. The van der Waals surface area contributed by atoms with E-state index < -0.39 is 17.1 Å². The molecule has 0 aliphatic carbocycles. The summed E-state index contributed by atoms with van der Waals surface area (Å²) < 4.78 is 0. The van der Waals surface area contributed by atoms with Crippen molar-refractivity contribution < 1.29 is 14.8 Å². The van der Waals surface area contributed by atoms with Crippen molar-refractivity contribution in [3.05, 3.63) is 33.3 Å². The van der Waals surface area contributed by atoms with Crippen LogP contribution in [0.15, 0.2) is 18.2 Å². The number of nitro benzene ring substituents is 1. The van der Waals surface area contributed by atoms with Gasteiger partial charge in [0.2, 0.25) is 0 Å². The zero-order valence-corrected chi connectivity index (χ0v) is 15.6. The molecule has 144 valence electrons. The van der Waals surface area contributed by atoms with E-state index in [4.69, 9.17) is 11.6 Å². The van der Waals surface area contributed by atoms with E-state index in [0.29, 0.717) is 6.54 Å². The first kappa shape index (κ1) is 20.4. The minimum atomic E-state index is -0.665. The maximum atomic E-state index is 12.2. The Hall–Kier alpha value is -1.94. The number of aliphatic hydroxyl groups is 1. The fourth-order valence-electron chi connectivity index (χ4n) is 2.71. The van der Waals surface area contributed by atoms with E-state index >= 15 is 0 Å². The van der Waals surface area contributed by atoms with E-state index in [-0.39, 0.29) is 22.9 Å². The van der Waals surface area contributed by atoms with Gasteiger partial charge in [-0.05, 0) is 13.1 Å². The Labute approximate surface area is 157 Å². The monoisotopic (exact) mass is 385 g/mol. The number of halogens is 1. The van der Waals surface area contributed by atoms with Crippen LogP contribution in [0.5, 0.6) is 0 Å². The molecule has 1 fully saturated rings. The van der Waals surface area contributed by atoms with Gasteiger partial charge in [-0.1, -0.05) is 11.6 Å². The van der Waals surface area contributed by atoms with Crippen molar-refractivity contribution in [2.75, 3.05) is 58.7 Å². The molecule has 1 aromatic carbocycles. The molecular formula is C16H24ClN5O4. The van der Waals surface area contributed by atoms with Crippen LogP contribution in [0.4, 0.5) is 16.2 Å². The van der Waals surface area contributed by atoms with Crippen molar-refractivity contribution in [3.8, 4) is 0 Å². The highest BCUT2D eigenvalue weighted by atomic mass is 35.5. The second-order valence-corrected chi connectivity index (χ2v) is 6.90. The number of aliphatic hydroxyl groups excluding tert-OH is 1. The topological polar surface area (TPSA) is 102 Å². The summed E-state index contributed by atoms with van der Waals surface area (Å²) in [4.78, 5) is 28.2. The molecule has 0 aromatic heterocycles. The number of nitro groups is 1. The first-order chi connectivity index (χ1) is 12.3. The van der Waals surface area contributed by atoms with Crippen LogP contribution in [-0.4, -0.2) is 90.2 Å². The molecule has 9 nitrogen and oxygen atoms in total. The maximum Gasteiger partial charge on any atom is 0.321 e. The van der Waals surface area contributed by atoms with Crippen LogP contribution in [0.3, 0.4) is 0 Å². The van der Waals surface area contributed by atoms with Crippen molar-refractivity contribution >= 4 is 29.0 Å². The van der Waals surface area contributed by atoms with Gasteiger partial charge in [0.15, 0.2) is 0 Å². The third kappa shape index (κ3) is 5.80. The van der Waals surface area contributed by atoms with E-state index in [1.807, 2.05) is 0 Å². The smallest absolute Gasteiger partial charge is 0.321 e. The minimum Gasteiger partial charge on any atom is -0.390 e. The highest BCUT2D eigenvalue weighted by Crippen LogP contribution is 2.26. The lowest BCUT2D eigenvalue weighted by molar-refractivity contribution is -0.384. The lowest BCUT2D eigenvalue weighted by Gasteiger charge is -2.34. The molecule has 1 aliphatic rings. The Balaban J connectivity index is 1.84. The molecule has 1 unspecified atom stereocenters. The number of hydrogen-bond donors (Lipinski definition) is 2. The van der Waals surface area contributed by atoms with Gasteiger partial charge in [0.1, 0.15) is 0 Å². The predicted molar refractivity (Wildman–Crippen MR) is 99.7 cm³/mol. The summed E-state index contributed by atoms with van der Waals surface area (Å²) in [5.41, 5.74) is 0.131. The van der Waals surface area contributed by atoms with Crippen LogP contribution in [0.25, 0.3) is 0 Å². The number of piperazine rings is 1. The van der Waals surface area contributed by atoms with Crippen molar-refractivity contribution in [3.63, 3.8) is 0 Å². The number of nitrogens with one attached hydrogen (secondary N) is 1. The number of non-ortho nitro benzene ring substituents is 1. The molecule has 1 atom stereocenters. The van der Waals surface area contributed by atoms with Gasteiger partial charge in [-0.2, -0.15) is 0 Å². The van der Waals surface area contributed by atoms with Gasteiger partial charge < -0.3 is 20.2 Å². The molecular weight excluding hydrogens is 362 g/mol. The second kappa shape index (κ2) is 9.13. The summed E-state index contributed by atoms with van der Waals surface area (Å²) in [6.07, 6.45) is -0.665. The number of nitrogens with zero attached hydrogens (tertiary/aromatic N) is 4. The van der Waals surface area contributed by atoms with E-state index in [0.717, 1.165) is 26.2 Å². The molecule has 2 amide bonds. The zero-order chi connectivity index (χ0) is 19.3. The van der Waals surface area contributed by atoms with Gasteiger partial charge in [0, 0.05) is 58.4 Å². The minimum absolute atomic E-state index is 0.0823. The van der Waals surface area contributed by atoms with Crippen LogP contribution in [-0.2, 0) is 0 Å². The van der Waals surface area contributed by atoms with Gasteiger partial charge in [0.25, 0.3) is 5.69 Å².